The number of fused-ring (bicyclic) bond motifs is 3. The summed E-state index contributed by atoms with van der Waals surface area (Å²) in [7, 11) is 0. The van der Waals surface area contributed by atoms with Crippen molar-refractivity contribution in [2.75, 3.05) is 0 Å². The van der Waals surface area contributed by atoms with Gasteiger partial charge in [0, 0.05) is 11.8 Å². The summed E-state index contributed by atoms with van der Waals surface area (Å²) in [6.45, 7) is 2.14. The third kappa shape index (κ3) is 1.79. The highest BCUT2D eigenvalue weighted by molar-refractivity contribution is 5.84. The second-order valence-corrected chi connectivity index (χ2v) is 6.12. The van der Waals surface area contributed by atoms with E-state index in [1.807, 2.05) is 18.2 Å². The lowest BCUT2D eigenvalue weighted by molar-refractivity contribution is -0.134. The fraction of sp³-hybridized carbons (Fsp3) is 0.529. The number of benzene rings is 1. The van der Waals surface area contributed by atoms with Gasteiger partial charge in [0.15, 0.2) is 5.78 Å². The first kappa shape index (κ1) is 13.3. The zero-order valence-corrected chi connectivity index (χ0v) is 11.7. The van der Waals surface area contributed by atoms with E-state index in [0.29, 0.717) is 24.3 Å². The molecule has 104 valence electrons. The molecule has 3 rings (SSSR count). The van der Waals surface area contributed by atoms with Gasteiger partial charge in [-0.05, 0) is 54.9 Å². The summed E-state index contributed by atoms with van der Waals surface area (Å²) in [4.78, 5) is 11.8. The SMILES string of the molecule is CCC12C[C@H](O)C(=O)CC1CCc1cc(C#N)ccc12. The Morgan fingerprint density at radius 3 is 3.00 bits per heavy atom. The normalized spacial score (nSPS) is 32.1. The molecule has 2 aliphatic rings. The number of carbonyl (C=O) groups excluding carboxylic acids is 1. The van der Waals surface area contributed by atoms with Crippen molar-refractivity contribution in [3.05, 3.63) is 34.9 Å². The second kappa shape index (κ2) is 4.71. The Morgan fingerprint density at radius 1 is 1.50 bits per heavy atom. The van der Waals surface area contributed by atoms with Crippen LogP contribution in [0.25, 0.3) is 0 Å². The Hall–Kier alpha value is -1.66. The Kier molecular flexibility index (Phi) is 3.14. The minimum Gasteiger partial charge on any atom is -0.385 e. The van der Waals surface area contributed by atoms with Crippen LogP contribution in [-0.2, 0) is 16.6 Å². The summed E-state index contributed by atoms with van der Waals surface area (Å²) >= 11 is 0. The van der Waals surface area contributed by atoms with Gasteiger partial charge in [-0.15, -0.1) is 0 Å². The molecule has 0 aromatic heterocycles. The maximum Gasteiger partial charge on any atom is 0.161 e. The van der Waals surface area contributed by atoms with E-state index in [9.17, 15) is 9.90 Å². The molecule has 3 heteroatoms. The molecule has 1 aromatic carbocycles. The lowest BCUT2D eigenvalue weighted by Crippen LogP contribution is -2.49. The van der Waals surface area contributed by atoms with Crippen LogP contribution in [0.1, 0.15) is 49.3 Å². The quantitative estimate of drug-likeness (QED) is 0.852. The number of rotatable bonds is 1. The van der Waals surface area contributed by atoms with Crippen LogP contribution in [0.5, 0.6) is 0 Å². The van der Waals surface area contributed by atoms with Crippen molar-refractivity contribution in [1.82, 2.24) is 0 Å². The summed E-state index contributed by atoms with van der Waals surface area (Å²) in [5.41, 5.74) is 3.08. The van der Waals surface area contributed by atoms with E-state index in [4.69, 9.17) is 5.26 Å². The molecule has 1 fully saturated rings. The molecule has 0 amide bonds. The van der Waals surface area contributed by atoms with Crippen molar-refractivity contribution < 1.29 is 9.90 Å². The van der Waals surface area contributed by atoms with Crippen LogP contribution in [0.15, 0.2) is 18.2 Å². The van der Waals surface area contributed by atoms with Crippen LogP contribution in [0, 0.1) is 17.2 Å². The van der Waals surface area contributed by atoms with E-state index in [0.717, 1.165) is 19.3 Å². The van der Waals surface area contributed by atoms with Gasteiger partial charge in [0.25, 0.3) is 0 Å². The number of aryl methyl sites for hydroxylation is 1. The third-order valence-electron chi connectivity index (χ3n) is 5.32. The van der Waals surface area contributed by atoms with E-state index in [2.05, 4.69) is 13.0 Å². The molecule has 2 unspecified atom stereocenters. The summed E-state index contributed by atoms with van der Waals surface area (Å²) in [5, 5.41) is 19.1. The molecule has 0 spiro atoms. The standard InChI is InChI=1S/C17H19NO2/c1-2-17-9-16(20)15(19)8-13(17)5-4-12-7-11(10-18)3-6-14(12)17/h3,6-7,13,16,20H,2,4-5,8-9H2,1H3/t13?,16-,17?/m0/s1. The number of hydrogen-bond acceptors (Lipinski definition) is 3. The summed E-state index contributed by atoms with van der Waals surface area (Å²) in [5.74, 6) is 0.333. The molecule has 3 nitrogen and oxygen atoms in total. The van der Waals surface area contributed by atoms with Gasteiger partial charge in [-0.2, -0.15) is 5.26 Å². The smallest absolute Gasteiger partial charge is 0.161 e. The first-order chi connectivity index (χ1) is 9.60. The summed E-state index contributed by atoms with van der Waals surface area (Å²) in [6.07, 6.45) is 3.04. The van der Waals surface area contributed by atoms with Gasteiger partial charge in [-0.1, -0.05) is 13.0 Å². The van der Waals surface area contributed by atoms with Crippen molar-refractivity contribution in [3.63, 3.8) is 0 Å². The zero-order chi connectivity index (χ0) is 14.3. The van der Waals surface area contributed by atoms with E-state index in [1.54, 1.807) is 0 Å². The van der Waals surface area contributed by atoms with Crippen molar-refractivity contribution >= 4 is 5.78 Å². The van der Waals surface area contributed by atoms with Crippen molar-refractivity contribution in [2.24, 2.45) is 5.92 Å². The van der Waals surface area contributed by atoms with Gasteiger partial charge in [0.05, 0.1) is 11.6 Å². The minimum absolute atomic E-state index is 0.00355. The molecular weight excluding hydrogens is 250 g/mol. The third-order valence-corrected chi connectivity index (χ3v) is 5.32. The van der Waals surface area contributed by atoms with Crippen molar-refractivity contribution in [1.29, 1.82) is 5.26 Å². The monoisotopic (exact) mass is 269 g/mol. The number of carbonyl (C=O) groups is 1. The van der Waals surface area contributed by atoms with Gasteiger partial charge in [0.2, 0.25) is 0 Å². The average Bonchev–Trinajstić information content (AvgIpc) is 2.48. The topological polar surface area (TPSA) is 61.1 Å². The molecule has 1 aromatic rings. The predicted octanol–water partition coefficient (Wildman–Crippen LogP) is 2.49. The number of aliphatic hydroxyl groups excluding tert-OH is 1. The number of hydrogen-bond donors (Lipinski definition) is 1. The zero-order valence-electron chi connectivity index (χ0n) is 11.7. The van der Waals surface area contributed by atoms with Crippen LogP contribution in [0.4, 0.5) is 0 Å². The summed E-state index contributed by atoms with van der Waals surface area (Å²) < 4.78 is 0. The molecule has 0 heterocycles. The Morgan fingerprint density at radius 2 is 2.30 bits per heavy atom. The fourth-order valence-corrected chi connectivity index (χ4v) is 4.22. The number of nitriles is 1. The molecule has 2 aliphatic carbocycles. The predicted molar refractivity (Wildman–Crippen MR) is 75.2 cm³/mol. The maximum absolute atomic E-state index is 11.8. The van der Waals surface area contributed by atoms with Gasteiger partial charge < -0.3 is 5.11 Å². The highest BCUT2D eigenvalue weighted by Crippen LogP contribution is 2.51. The van der Waals surface area contributed by atoms with Gasteiger partial charge in [0.1, 0.15) is 6.10 Å². The Bertz CT molecular complexity index is 601. The fourth-order valence-electron chi connectivity index (χ4n) is 4.22. The molecule has 0 radical (unpaired) electrons. The van der Waals surface area contributed by atoms with Gasteiger partial charge >= 0.3 is 0 Å². The number of ketones is 1. The molecule has 3 atom stereocenters. The average molecular weight is 269 g/mol. The lowest BCUT2D eigenvalue weighted by atomic mass is 9.55. The Balaban J connectivity index is 2.11. The van der Waals surface area contributed by atoms with Gasteiger partial charge in [-0.25, -0.2) is 0 Å². The van der Waals surface area contributed by atoms with Crippen LogP contribution >= 0.6 is 0 Å². The highest BCUT2D eigenvalue weighted by atomic mass is 16.3. The van der Waals surface area contributed by atoms with E-state index >= 15 is 0 Å². The lowest BCUT2D eigenvalue weighted by Gasteiger charge is -2.49. The van der Waals surface area contributed by atoms with E-state index in [1.165, 1.54) is 11.1 Å². The van der Waals surface area contributed by atoms with Crippen LogP contribution < -0.4 is 0 Å². The number of Topliss-reactive ketones (excluding diaryl/α,β-unsaturated/α-hetero) is 1. The molecule has 1 saturated carbocycles. The van der Waals surface area contributed by atoms with E-state index in [-0.39, 0.29) is 11.2 Å². The molecule has 1 N–H and O–H groups in total. The van der Waals surface area contributed by atoms with Crippen molar-refractivity contribution in [2.45, 2.75) is 50.5 Å². The van der Waals surface area contributed by atoms with Crippen LogP contribution in [0.3, 0.4) is 0 Å². The first-order valence-electron chi connectivity index (χ1n) is 7.35. The van der Waals surface area contributed by atoms with Crippen LogP contribution in [-0.4, -0.2) is 17.0 Å². The van der Waals surface area contributed by atoms with Crippen LogP contribution in [0.2, 0.25) is 0 Å². The van der Waals surface area contributed by atoms with Crippen molar-refractivity contribution in [3.8, 4) is 6.07 Å². The number of nitrogens with zero attached hydrogens (tertiary/aromatic N) is 1. The highest BCUT2D eigenvalue weighted by Gasteiger charge is 2.49. The number of aliphatic hydroxyl groups is 1. The van der Waals surface area contributed by atoms with Gasteiger partial charge in [-0.3, -0.25) is 4.79 Å². The largest absolute Gasteiger partial charge is 0.385 e. The summed E-state index contributed by atoms with van der Waals surface area (Å²) in [6, 6.07) is 8.08. The molecule has 0 saturated heterocycles. The molecule has 0 bridgehead atoms. The first-order valence-corrected chi connectivity index (χ1v) is 7.35. The molecule has 20 heavy (non-hydrogen) atoms. The molecular formula is C17H19NO2. The Labute approximate surface area is 119 Å². The minimum atomic E-state index is -0.826. The molecule has 0 aliphatic heterocycles. The van der Waals surface area contributed by atoms with E-state index < -0.39 is 6.10 Å². The maximum atomic E-state index is 11.8. The second-order valence-electron chi connectivity index (χ2n) is 6.12.